The second kappa shape index (κ2) is 6.81. The van der Waals surface area contributed by atoms with Gasteiger partial charge in [0, 0.05) is 23.9 Å². The highest BCUT2D eigenvalue weighted by Crippen LogP contribution is 2.24. The maximum atomic E-state index is 12.0. The summed E-state index contributed by atoms with van der Waals surface area (Å²) in [6, 6.07) is 8.06. The van der Waals surface area contributed by atoms with Gasteiger partial charge >= 0.3 is 0 Å². The molecule has 1 fully saturated rings. The zero-order valence-electron chi connectivity index (χ0n) is 10.7. The summed E-state index contributed by atoms with van der Waals surface area (Å²) in [5.41, 5.74) is 2.11. The minimum Gasteiger partial charge on any atom is -0.326 e. The Kier molecular flexibility index (Phi) is 5.08. The highest BCUT2D eigenvalue weighted by molar-refractivity contribution is 7.99. The number of hydrogen-bond donors (Lipinski definition) is 2. The number of nitrogens with one attached hydrogen (secondary N) is 2. The van der Waals surface area contributed by atoms with Gasteiger partial charge in [0.1, 0.15) is 0 Å². The first-order chi connectivity index (χ1) is 8.79. The van der Waals surface area contributed by atoms with Crippen molar-refractivity contribution in [2.45, 2.75) is 19.9 Å². The number of carbonyl (C=O) groups is 1. The van der Waals surface area contributed by atoms with Gasteiger partial charge in [0.05, 0.1) is 0 Å². The number of rotatable bonds is 5. The standard InChI is InChI=1S/C14H20N2OS/c1-2-15-9-11-4-3-5-13(8-11)16-14(17)12-6-7-18-10-12/h3-5,8,12,15H,2,6-7,9-10H2,1H3,(H,16,17). The lowest BCUT2D eigenvalue weighted by Crippen LogP contribution is -2.22. The van der Waals surface area contributed by atoms with Gasteiger partial charge in [-0.3, -0.25) is 4.79 Å². The Balaban J connectivity index is 1.93. The summed E-state index contributed by atoms with van der Waals surface area (Å²) in [4.78, 5) is 12.0. The van der Waals surface area contributed by atoms with Crippen molar-refractivity contribution in [1.82, 2.24) is 5.32 Å². The smallest absolute Gasteiger partial charge is 0.228 e. The number of benzene rings is 1. The zero-order valence-corrected chi connectivity index (χ0v) is 11.6. The molecular weight excluding hydrogens is 244 g/mol. The molecular formula is C14H20N2OS. The van der Waals surface area contributed by atoms with E-state index in [9.17, 15) is 4.79 Å². The Morgan fingerprint density at radius 3 is 3.11 bits per heavy atom. The van der Waals surface area contributed by atoms with E-state index in [-0.39, 0.29) is 11.8 Å². The minimum atomic E-state index is 0.167. The van der Waals surface area contributed by atoms with E-state index in [1.54, 1.807) is 0 Å². The normalized spacial score (nSPS) is 18.8. The second-order valence-electron chi connectivity index (χ2n) is 4.53. The van der Waals surface area contributed by atoms with Crippen molar-refractivity contribution in [2.24, 2.45) is 5.92 Å². The first-order valence-corrected chi connectivity index (χ1v) is 7.63. The summed E-state index contributed by atoms with van der Waals surface area (Å²) in [5.74, 6) is 2.43. The van der Waals surface area contributed by atoms with E-state index >= 15 is 0 Å². The molecule has 3 nitrogen and oxygen atoms in total. The Bertz CT molecular complexity index is 403. The van der Waals surface area contributed by atoms with E-state index in [1.165, 1.54) is 5.56 Å². The van der Waals surface area contributed by atoms with Gasteiger partial charge in [-0.15, -0.1) is 0 Å². The monoisotopic (exact) mass is 264 g/mol. The van der Waals surface area contributed by atoms with E-state index in [0.29, 0.717) is 0 Å². The molecule has 0 spiro atoms. The molecule has 98 valence electrons. The van der Waals surface area contributed by atoms with Crippen LogP contribution in [0.25, 0.3) is 0 Å². The van der Waals surface area contributed by atoms with Crippen molar-refractivity contribution in [3.8, 4) is 0 Å². The molecule has 0 saturated carbocycles. The Morgan fingerprint density at radius 1 is 1.50 bits per heavy atom. The molecule has 1 aromatic rings. The van der Waals surface area contributed by atoms with Gasteiger partial charge in [-0.2, -0.15) is 11.8 Å². The molecule has 2 N–H and O–H groups in total. The fraction of sp³-hybridized carbons (Fsp3) is 0.500. The van der Waals surface area contributed by atoms with Crippen LogP contribution in [0.1, 0.15) is 18.9 Å². The highest BCUT2D eigenvalue weighted by atomic mass is 32.2. The summed E-state index contributed by atoms with van der Waals surface area (Å²) >= 11 is 1.86. The highest BCUT2D eigenvalue weighted by Gasteiger charge is 2.22. The number of hydrogen-bond acceptors (Lipinski definition) is 3. The van der Waals surface area contributed by atoms with Crippen LogP contribution in [0.4, 0.5) is 5.69 Å². The third-order valence-corrected chi connectivity index (χ3v) is 4.24. The predicted octanol–water partition coefficient (Wildman–Crippen LogP) is 2.49. The van der Waals surface area contributed by atoms with Crippen LogP contribution in [0.15, 0.2) is 24.3 Å². The molecule has 4 heteroatoms. The summed E-state index contributed by atoms with van der Waals surface area (Å²) < 4.78 is 0. The van der Waals surface area contributed by atoms with Gasteiger partial charge in [-0.05, 0) is 36.4 Å². The van der Waals surface area contributed by atoms with E-state index in [0.717, 1.165) is 36.7 Å². The second-order valence-corrected chi connectivity index (χ2v) is 5.68. The maximum Gasteiger partial charge on any atom is 0.228 e. The molecule has 1 aliphatic rings. The van der Waals surface area contributed by atoms with Gasteiger partial charge < -0.3 is 10.6 Å². The summed E-state index contributed by atoms with van der Waals surface area (Å²) in [6.45, 7) is 3.89. The van der Waals surface area contributed by atoms with E-state index in [1.807, 2.05) is 30.0 Å². The summed E-state index contributed by atoms with van der Waals surface area (Å²) in [5, 5.41) is 6.30. The fourth-order valence-corrected chi connectivity index (χ4v) is 3.23. The van der Waals surface area contributed by atoms with Crippen LogP contribution in [-0.2, 0) is 11.3 Å². The first kappa shape index (κ1) is 13.4. The lowest BCUT2D eigenvalue weighted by molar-refractivity contribution is -0.119. The largest absolute Gasteiger partial charge is 0.326 e. The van der Waals surface area contributed by atoms with Crippen molar-refractivity contribution in [2.75, 3.05) is 23.4 Å². The molecule has 0 aromatic heterocycles. The van der Waals surface area contributed by atoms with Gasteiger partial charge in [-0.1, -0.05) is 19.1 Å². The predicted molar refractivity (Wildman–Crippen MR) is 77.9 cm³/mol. The molecule has 1 aliphatic heterocycles. The van der Waals surface area contributed by atoms with E-state index in [2.05, 4.69) is 23.6 Å². The average Bonchev–Trinajstić information content (AvgIpc) is 2.91. The molecule has 0 aliphatic carbocycles. The van der Waals surface area contributed by atoms with Gasteiger partial charge in [0.2, 0.25) is 5.91 Å². The van der Waals surface area contributed by atoms with Gasteiger partial charge in [0.15, 0.2) is 0 Å². The number of thioether (sulfide) groups is 1. The third-order valence-electron chi connectivity index (χ3n) is 3.07. The van der Waals surface area contributed by atoms with Crippen LogP contribution in [0.5, 0.6) is 0 Å². The van der Waals surface area contributed by atoms with Crippen LogP contribution in [-0.4, -0.2) is 24.0 Å². The topological polar surface area (TPSA) is 41.1 Å². The van der Waals surface area contributed by atoms with E-state index in [4.69, 9.17) is 0 Å². The molecule has 1 amide bonds. The Hall–Kier alpha value is -1.00. The van der Waals surface area contributed by atoms with Crippen molar-refractivity contribution in [3.05, 3.63) is 29.8 Å². The Labute approximate surface area is 113 Å². The van der Waals surface area contributed by atoms with Crippen LogP contribution in [0.3, 0.4) is 0 Å². The number of carbonyl (C=O) groups excluding carboxylic acids is 1. The quantitative estimate of drug-likeness (QED) is 0.858. The molecule has 2 rings (SSSR count). The average molecular weight is 264 g/mol. The molecule has 1 unspecified atom stereocenters. The van der Waals surface area contributed by atoms with Crippen LogP contribution in [0, 0.1) is 5.92 Å². The molecule has 0 bridgehead atoms. The molecule has 0 radical (unpaired) electrons. The van der Waals surface area contributed by atoms with Crippen molar-refractivity contribution < 1.29 is 4.79 Å². The van der Waals surface area contributed by atoms with Crippen molar-refractivity contribution in [1.29, 1.82) is 0 Å². The summed E-state index contributed by atoms with van der Waals surface area (Å²) in [7, 11) is 0. The molecule has 18 heavy (non-hydrogen) atoms. The minimum absolute atomic E-state index is 0.167. The first-order valence-electron chi connectivity index (χ1n) is 6.48. The lowest BCUT2D eigenvalue weighted by atomic mass is 10.1. The molecule has 1 heterocycles. The van der Waals surface area contributed by atoms with E-state index < -0.39 is 0 Å². The molecule has 1 aromatic carbocycles. The Morgan fingerprint density at radius 2 is 2.39 bits per heavy atom. The number of anilines is 1. The zero-order chi connectivity index (χ0) is 12.8. The van der Waals surface area contributed by atoms with Crippen LogP contribution < -0.4 is 10.6 Å². The van der Waals surface area contributed by atoms with Gasteiger partial charge in [0.25, 0.3) is 0 Å². The lowest BCUT2D eigenvalue weighted by Gasteiger charge is -2.11. The summed E-state index contributed by atoms with van der Waals surface area (Å²) in [6.07, 6.45) is 1.01. The van der Waals surface area contributed by atoms with Crippen LogP contribution in [0.2, 0.25) is 0 Å². The number of amides is 1. The molecule has 1 saturated heterocycles. The molecule has 1 atom stereocenters. The SMILES string of the molecule is CCNCc1cccc(NC(=O)C2CCSC2)c1. The van der Waals surface area contributed by atoms with Crippen molar-refractivity contribution >= 4 is 23.4 Å². The van der Waals surface area contributed by atoms with Crippen LogP contribution >= 0.6 is 11.8 Å². The fourth-order valence-electron chi connectivity index (χ4n) is 2.01. The van der Waals surface area contributed by atoms with Gasteiger partial charge in [-0.25, -0.2) is 0 Å². The third kappa shape index (κ3) is 3.75. The maximum absolute atomic E-state index is 12.0. The van der Waals surface area contributed by atoms with Crippen molar-refractivity contribution in [3.63, 3.8) is 0 Å².